The Morgan fingerprint density at radius 2 is 2.00 bits per heavy atom. The largest absolute Gasteiger partial charge is 0.443 e. The Balaban J connectivity index is 1.38. The van der Waals surface area contributed by atoms with Crippen LogP contribution in [0.15, 0.2) is 24.3 Å². The van der Waals surface area contributed by atoms with Gasteiger partial charge >= 0.3 is 6.09 Å². The SMILES string of the molecule is CC1CC=C(c2ccc3sc(C4CC5(C4)CN(C)C5)nc3c2)N(C(=O)OC(C)(C)C)C1. The van der Waals surface area contributed by atoms with Crippen molar-refractivity contribution in [2.45, 2.75) is 58.5 Å². The van der Waals surface area contributed by atoms with Gasteiger partial charge in [0.15, 0.2) is 0 Å². The minimum Gasteiger partial charge on any atom is -0.443 e. The number of carbonyl (C=O) groups is 1. The van der Waals surface area contributed by atoms with Gasteiger partial charge in [-0.05, 0) is 70.5 Å². The van der Waals surface area contributed by atoms with Crippen molar-refractivity contribution in [1.29, 1.82) is 0 Å². The number of aromatic nitrogens is 1. The van der Waals surface area contributed by atoms with Crippen LogP contribution in [0, 0.1) is 11.3 Å². The first-order valence-corrected chi connectivity index (χ1v) is 12.2. The summed E-state index contributed by atoms with van der Waals surface area (Å²) in [6, 6.07) is 6.45. The number of thiazole rings is 1. The Morgan fingerprint density at radius 3 is 2.68 bits per heavy atom. The van der Waals surface area contributed by atoms with E-state index in [-0.39, 0.29) is 6.09 Å². The average molecular weight is 440 g/mol. The van der Waals surface area contributed by atoms with Crippen LogP contribution in [0.2, 0.25) is 0 Å². The molecule has 5 rings (SSSR count). The van der Waals surface area contributed by atoms with Crippen LogP contribution < -0.4 is 0 Å². The Hall–Kier alpha value is -1.92. The lowest BCUT2D eigenvalue weighted by molar-refractivity contribution is -0.0584. The van der Waals surface area contributed by atoms with Crippen molar-refractivity contribution in [3.05, 3.63) is 34.8 Å². The van der Waals surface area contributed by atoms with Gasteiger partial charge in [0.1, 0.15) is 5.60 Å². The monoisotopic (exact) mass is 439 g/mol. The molecular formula is C25H33N3O2S. The maximum absolute atomic E-state index is 12.9. The van der Waals surface area contributed by atoms with Gasteiger partial charge in [-0.25, -0.2) is 9.78 Å². The molecule has 0 radical (unpaired) electrons. The lowest BCUT2D eigenvalue weighted by atomic mass is 9.58. The number of fused-ring (bicyclic) bond motifs is 1. The second kappa shape index (κ2) is 7.31. The second-order valence-electron chi connectivity index (χ2n) is 11.0. The minimum atomic E-state index is -0.508. The third-order valence-corrected chi connectivity index (χ3v) is 7.93. The number of nitrogens with zero attached hydrogens (tertiary/aromatic N) is 3. The summed E-state index contributed by atoms with van der Waals surface area (Å²) in [6.45, 7) is 11.1. The standard InChI is InChI=1S/C25H33N3O2S/c1-16-6-8-20(28(13-16)23(29)30-24(2,3)4)17-7-9-21-19(10-17)26-22(31-21)18-11-25(12-18)14-27(5)15-25/h7-10,16,18H,6,11-15H2,1-5H3. The smallest absolute Gasteiger partial charge is 0.414 e. The predicted molar refractivity (Wildman–Crippen MR) is 126 cm³/mol. The van der Waals surface area contributed by atoms with Crippen molar-refractivity contribution in [2.75, 3.05) is 26.7 Å². The zero-order chi connectivity index (χ0) is 22.0. The van der Waals surface area contributed by atoms with Gasteiger partial charge in [0.2, 0.25) is 0 Å². The molecule has 166 valence electrons. The van der Waals surface area contributed by atoms with Gasteiger partial charge in [0, 0.05) is 31.1 Å². The summed E-state index contributed by atoms with van der Waals surface area (Å²) in [5, 5.41) is 1.28. The van der Waals surface area contributed by atoms with Crippen LogP contribution in [0.4, 0.5) is 4.79 Å². The van der Waals surface area contributed by atoms with E-state index in [1.165, 1.54) is 35.6 Å². The maximum Gasteiger partial charge on any atom is 0.414 e. The molecule has 0 N–H and O–H groups in total. The molecule has 2 aliphatic heterocycles. The fourth-order valence-corrected chi connectivity index (χ4v) is 6.52. The average Bonchev–Trinajstić information content (AvgIpc) is 3.04. The highest BCUT2D eigenvalue weighted by Crippen LogP contribution is 2.56. The molecule has 31 heavy (non-hydrogen) atoms. The number of benzene rings is 1. The predicted octanol–water partition coefficient (Wildman–Crippen LogP) is 5.72. The van der Waals surface area contributed by atoms with E-state index < -0.39 is 5.60 Å². The molecular weight excluding hydrogens is 406 g/mol. The number of hydrogen-bond acceptors (Lipinski definition) is 5. The summed E-state index contributed by atoms with van der Waals surface area (Å²) >= 11 is 1.84. The highest BCUT2D eigenvalue weighted by atomic mass is 32.1. The summed E-state index contributed by atoms with van der Waals surface area (Å²) in [7, 11) is 2.21. The van der Waals surface area contributed by atoms with Gasteiger partial charge in [-0.3, -0.25) is 4.90 Å². The first-order chi connectivity index (χ1) is 14.6. The Kier molecular flexibility index (Phi) is 4.94. The number of hydrogen-bond donors (Lipinski definition) is 0. The van der Waals surface area contributed by atoms with Crippen molar-refractivity contribution in [3.8, 4) is 0 Å². The molecule has 3 aliphatic rings. The first kappa shape index (κ1) is 21.0. The van der Waals surface area contributed by atoms with Crippen molar-refractivity contribution >= 4 is 33.3 Å². The summed E-state index contributed by atoms with van der Waals surface area (Å²) in [5.74, 6) is 1.03. The molecule has 6 heteroatoms. The van der Waals surface area contributed by atoms with Crippen molar-refractivity contribution in [1.82, 2.24) is 14.8 Å². The van der Waals surface area contributed by atoms with Gasteiger partial charge in [0.05, 0.1) is 20.9 Å². The number of likely N-dealkylation sites (tertiary alicyclic amines) is 1. The minimum absolute atomic E-state index is 0.269. The molecule has 1 spiro atoms. The number of carbonyl (C=O) groups excluding carboxylic acids is 1. The van der Waals surface area contributed by atoms with Crippen LogP contribution >= 0.6 is 11.3 Å². The van der Waals surface area contributed by atoms with E-state index in [4.69, 9.17) is 9.72 Å². The Morgan fingerprint density at radius 1 is 1.26 bits per heavy atom. The van der Waals surface area contributed by atoms with Gasteiger partial charge in [-0.2, -0.15) is 0 Å². The topological polar surface area (TPSA) is 45.7 Å². The van der Waals surface area contributed by atoms with E-state index in [2.05, 4.69) is 43.1 Å². The number of allylic oxidation sites excluding steroid dienone is 1. The number of rotatable bonds is 2. The molecule has 1 aromatic carbocycles. The summed E-state index contributed by atoms with van der Waals surface area (Å²) in [6.07, 6.45) is 5.43. The van der Waals surface area contributed by atoms with Gasteiger partial charge in [-0.1, -0.05) is 19.1 Å². The Bertz CT molecular complexity index is 1040. The molecule has 1 unspecified atom stereocenters. The highest BCUT2D eigenvalue weighted by molar-refractivity contribution is 7.18. The van der Waals surface area contributed by atoms with Crippen LogP contribution in [0.5, 0.6) is 0 Å². The molecule has 2 aromatic rings. The molecule has 1 amide bonds. The fraction of sp³-hybridized carbons (Fsp3) is 0.600. The van der Waals surface area contributed by atoms with Crippen LogP contribution in [-0.2, 0) is 4.74 Å². The normalized spacial score (nSPS) is 24.1. The van der Waals surface area contributed by atoms with Crippen LogP contribution in [0.1, 0.15) is 63.4 Å². The molecule has 5 nitrogen and oxygen atoms in total. The van der Waals surface area contributed by atoms with E-state index in [0.717, 1.165) is 23.2 Å². The lowest BCUT2D eigenvalue weighted by Gasteiger charge is -2.58. The van der Waals surface area contributed by atoms with Crippen molar-refractivity contribution in [3.63, 3.8) is 0 Å². The zero-order valence-corrected chi connectivity index (χ0v) is 20.1. The van der Waals surface area contributed by atoms with E-state index in [0.29, 0.717) is 23.8 Å². The molecule has 1 aromatic heterocycles. The third kappa shape index (κ3) is 4.00. The number of amides is 1. The summed E-state index contributed by atoms with van der Waals surface area (Å²) in [4.78, 5) is 22.1. The maximum atomic E-state index is 12.9. The van der Waals surface area contributed by atoms with Crippen LogP contribution in [-0.4, -0.2) is 53.2 Å². The van der Waals surface area contributed by atoms with Gasteiger partial charge in [0.25, 0.3) is 0 Å². The zero-order valence-electron chi connectivity index (χ0n) is 19.3. The molecule has 2 fully saturated rings. The van der Waals surface area contributed by atoms with Crippen molar-refractivity contribution in [2.24, 2.45) is 11.3 Å². The second-order valence-corrected chi connectivity index (χ2v) is 12.1. The Labute approximate surface area is 189 Å². The quantitative estimate of drug-likeness (QED) is 0.600. The first-order valence-electron chi connectivity index (χ1n) is 11.4. The van der Waals surface area contributed by atoms with E-state index in [1.54, 1.807) is 4.90 Å². The van der Waals surface area contributed by atoms with E-state index in [9.17, 15) is 4.79 Å². The van der Waals surface area contributed by atoms with E-state index in [1.807, 2.05) is 32.1 Å². The highest BCUT2D eigenvalue weighted by Gasteiger charge is 2.52. The van der Waals surface area contributed by atoms with Gasteiger partial charge in [-0.15, -0.1) is 11.3 Å². The molecule has 1 aliphatic carbocycles. The summed E-state index contributed by atoms with van der Waals surface area (Å²) < 4.78 is 6.93. The van der Waals surface area contributed by atoms with Crippen LogP contribution in [0.25, 0.3) is 15.9 Å². The lowest BCUT2D eigenvalue weighted by Crippen LogP contribution is -2.59. The number of ether oxygens (including phenoxy) is 1. The van der Waals surface area contributed by atoms with Crippen molar-refractivity contribution < 1.29 is 9.53 Å². The summed E-state index contributed by atoms with van der Waals surface area (Å²) in [5.41, 5.74) is 3.11. The molecule has 1 saturated heterocycles. The third-order valence-electron chi connectivity index (χ3n) is 6.73. The van der Waals surface area contributed by atoms with Gasteiger partial charge < -0.3 is 9.64 Å². The molecule has 1 saturated carbocycles. The fourth-order valence-electron chi connectivity index (χ4n) is 5.47. The van der Waals surface area contributed by atoms with Crippen LogP contribution in [0.3, 0.4) is 0 Å². The van der Waals surface area contributed by atoms with E-state index >= 15 is 0 Å². The molecule has 0 bridgehead atoms. The molecule has 3 heterocycles. The molecule has 1 atom stereocenters.